The van der Waals surface area contributed by atoms with Crippen molar-refractivity contribution in [3.63, 3.8) is 0 Å². The lowest BCUT2D eigenvalue weighted by Gasteiger charge is -2.34. The molecule has 0 amide bonds. The molecule has 20 heavy (non-hydrogen) atoms. The van der Waals surface area contributed by atoms with E-state index in [4.69, 9.17) is 0 Å². The van der Waals surface area contributed by atoms with E-state index in [0.29, 0.717) is 13.1 Å². The van der Waals surface area contributed by atoms with Crippen molar-refractivity contribution in [3.8, 4) is 0 Å². The van der Waals surface area contributed by atoms with Crippen LogP contribution >= 0.6 is 12.4 Å². The second-order valence-corrected chi connectivity index (χ2v) is 4.45. The SMILES string of the molecule is Cl.O=[N+]([O-])c1ccc(F)c([C@@H](CO)N2CCNCC2)c1. The zero-order valence-corrected chi connectivity index (χ0v) is 11.6. The Hall–Kier alpha value is -1.28. The topological polar surface area (TPSA) is 78.6 Å². The molecule has 1 saturated heterocycles. The van der Waals surface area contributed by atoms with Crippen molar-refractivity contribution >= 4 is 18.1 Å². The number of nitrogens with zero attached hydrogens (tertiary/aromatic N) is 2. The van der Waals surface area contributed by atoms with Crippen LogP contribution in [0.2, 0.25) is 0 Å². The van der Waals surface area contributed by atoms with E-state index in [1.807, 2.05) is 4.90 Å². The molecule has 0 unspecified atom stereocenters. The molecule has 0 bridgehead atoms. The number of aliphatic hydroxyl groups excluding tert-OH is 1. The van der Waals surface area contributed by atoms with Gasteiger partial charge in [-0.1, -0.05) is 0 Å². The van der Waals surface area contributed by atoms with Gasteiger partial charge in [0.15, 0.2) is 0 Å². The largest absolute Gasteiger partial charge is 0.394 e. The van der Waals surface area contributed by atoms with Crippen LogP contribution in [-0.4, -0.2) is 47.7 Å². The van der Waals surface area contributed by atoms with E-state index in [0.717, 1.165) is 25.2 Å². The quantitative estimate of drug-likeness (QED) is 0.643. The Morgan fingerprint density at radius 1 is 1.45 bits per heavy atom. The molecule has 1 fully saturated rings. The maximum atomic E-state index is 13.8. The summed E-state index contributed by atoms with van der Waals surface area (Å²) in [5, 5.41) is 23.4. The average Bonchev–Trinajstić information content (AvgIpc) is 2.42. The molecule has 112 valence electrons. The van der Waals surface area contributed by atoms with Gasteiger partial charge in [-0.15, -0.1) is 12.4 Å². The van der Waals surface area contributed by atoms with E-state index in [-0.39, 0.29) is 30.3 Å². The van der Waals surface area contributed by atoms with Crippen molar-refractivity contribution in [1.82, 2.24) is 10.2 Å². The highest BCUT2D eigenvalue weighted by Crippen LogP contribution is 2.27. The first kappa shape index (κ1) is 16.8. The van der Waals surface area contributed by atoms with Gasteiger partial charge in [0, 0.05) is 43.9 Å². The van der Waals surface area contributed by atoms with Crippen LogP contribution in [0.25, 0.3) is 0 Å². The van der Waals surface area contributed by atoms with Crippen molar-refractivity contribution in [1.29, 1.82) is 0 Å². The van der Waals surface area contributed by atoms with Gasteiger partial charge in [-0.05, 0) is 6.07 Å². The lowest BCUT2D eigenvalue weighted by atomic mass is 10.0. The summed E-state index contributed by atoms with van der Waals surface area (Å²) in [5.41, 5.74) is 0.0172. The molecular weight excluding hydrogens is 289 g/mol. The number of piperazine rings is 1. The molecule has 1 heterocycles. The van der Waals surface area contributed by atoms with Gasteiger partial charge in [0.2, 0.25) is 0 Å². The number of halogens is 2. The van der Waals surface area contributed by atoms with Crippen molar-refractivity contribution in [2.45, 2.75) is 6.04 Å². The normalized spacial score (nSPS) is 17.3. The van der Waals surface area contributed by atoms with Crippen LogP contribution in [0.3, 0.4) is 0 Å². The Morgan fingerprint density at radius 2 is 2.10 bits per heavy atom. The highest BCUT2D eigenvalue weighted by atomic mass is 35.5. The van der Waals surface area contributed by atoms with Gasteiger partial charge in [0.1, 0.15) is 5.82 Å². The van der Waals surface area contributed by atoms with E-state index in [1.165, 1.54) is 6.07 Å². The lowest BCUT2D eigenvalue weighted by Crippen LogP contribution is -2.46. The molecule has 1 aromatic rings. The van der Waals surface area contributed by atoms with Crippen molar-refractivity contribution in [3.05, 3.63) is 39.7 Å². The zero-order valence-electron chi connectivity index (χ0n) is 10.8. The standard InChI is InChI=1S/C12H16FN3O3.ClH/c13-11-2-1-9(16(18)19)7-10(11)12(8-17)15-5-3-14-4-6-15;/h1-2,7,12,14,17H,3-6,8H2;1H/t12-;/m1./s1. The van der Waals surface area contributed by atoms with E-state index < -0.39 is 16.8 Å². The smallest absolute Gasteiger partial charge is 0.269 e. The Balaban J connectivity index is 0.00000200. The first-order valence-corrected chi connectivity index (χ1v) is 6.13. The molecule has 1 aliphatic rings. The minimum Gasteiger partial charge on any atom is -0.394 e. The molecule has 6 nitrogen and oxygen atoms in total. The molecular formula is C12H17ClFN3O3. The number of hydrogen-bond acceptors (Lipinski definition) is 5. The summed E-state index contributed by atoms with van der Waals surface area (Å²) in [7, 11) is 0. The zero-order chi connectivity index (χ0) is 13.8. The van der Waals surface area contributed by atoms with E-state index >= 15 is 0 Å². The summed E-state index contributed by atoms with van der Waals surface area (Å²) in [6, 6.07) is 2.88. The number of hydrogen-bond donors (Lipinski definition) is 2. The molecule has 8 heteroatoms. The summed E-state index contributed by atoms with van der Waals surface area (Å²) < 4.78 is 13.8. The number of benzene rings is 1. The second kappa shape index (κ2) is 7.49. The molecule has 1 aliphatic heterocycles. The molecule has 1 atom stereocenters. The molecule has 0 aliphatic carbocycles. The number of nitro benzene ring substituents is 1. The van der Waals surface area contributed by atoms with Gasteiger partial charge in [-0.3, -0.25) is 15.0 Å². The maximum Gasteiger partial charge on any atom is 0.269 e. The van der Waals surface area contributed by atoms with Crippen molar-refractivity contribution in [2.75, 3.05) is 32.8 Å². The van der Waals surface area contributed by atoms with Gasteiger partial charge in [-0.25, -0.2) is 4.39 Å². The molecule has 0 spiro atoms. The van der Waals surface area contributed by atoms with Crippen molar-refractivity contribution < 1.29 is 14.4 Å². The van der Waals surface area contributed by atoms with Gasteiger partial charge >= 0.3 is 0 Å². The van der Waals surface area contributed by atoms with E-state index in [9.17, 15) is 19.6 Å². The second-order valence-electron chi connectivity index (χ2n) is 4.45. The molecule has 0 aromatic heterocycles. The predicted octanol–water partition coefficient (Wildman–Crippen LogP) is 1.09. The number of nitrogens with one attached hydrogen (secondary N) is 1. The fourth-order valence-corrected chi connectivity index (χ4v) is 2.30. The van der Waals surface area contributed by atoms with Crippen LogP contribution in [-0.2, 0) is 0 Å². The van der Waals surface area contributed by atoms with E-state index in [2.05, 4.69) is 5.32 Å². The highest BCUT2D eigenvalue weighted by Gasteiger charge is 2.25. The summed E-state index contributed by atoms with van der Waals surface area (Å²) in [4.78, 5) is 12.1. The third kappa shape index (κ3) is 3.63. The fourth-order valence-electron chi connectivity index (χ4n) is 2.30. The molecule has 2 rings (SSSR count). The lowest BCUT2D eigenvalue weighted by molar-refractivity contribution is -0.385. The first-order valence-electron chi connectivity index (χ1n) is 6.13. The highest BCUT2D eigenvalue weighted by molar-refractivity contribution is 5.85. The van der Waals surface area contributed by atoms with E-state index in [1.54, 1.807) is 0 Å². The minimum absolute atomic E-state index is 0. The van der Waals surface area contributed by atoms with Gasteiger partial charge in [0.05, 0.1) is 17.6 Å². The summed E-state index contributed by atoms with van der Waals surface area (Å²) in [5.74, 6) is -0.525. The first-order chi connectivity index (χ1) is 9.13. The van der Waals surface area contributed by atoms with Crippen LogP contribution in [0.1, 0.15) is 11.6 Å². The Labute approximate surface area is 122 Å². The minimum atomic E-state index is -0.560. The maximum absolute atomic E-state index is 13.8. The van der Waals surface area contributed by atoms with Gasteiger partial charge in [-0.2, -0.15) is 0 Å². The Morgan fingerprint density at radius 3 is 2.65 bits per heavy atom. The third-order valence-corrected chi connectivity index (χ3v) is 3.31. The van der Waals surface area contributed by atoms with Gasteiger partial charge in [0.25, 0.3) is 5.69 Å². The van der Waals surface area contributed by atoms with Crippen LogP contribution in [0, 0.1) is 15.9 Å². The average molecular weight is 306 g/mol. The number of non-ortho nitro benzene ring substituents is 1. The van der Waals surface area contributed by atoms with Crippen LogP contribution in [0.4, 0.5) is 10.1 Å². The van der Waals surface area contributed by atoms with Crippen molar-refractivity contribution in [2.24, 2.45) is 0 Å². The molecule has 2 N–H and O–H groups in total. The summed E-state index contributed by atoms with van der Waals surface area (Å²) >= 11 is 0. The molecule has 0 saturated carbocycles. The Kier molecular flexibility index (Phi) is 6.28. The summed E-state index contributed by atoms with van der Waals surface area (Å²) in [6.45, 7) is 2.60. The van der Waals surface area contributed by atoms with Crippen LogP contribution in [0.5, 0.6) is 0 Å². The number of aliphatic hydroxyl groups is 1. The number of nitro groups is 1. The molecule has 0 radical (unpaired) electrons. The van der Waals surface area contributed by atoms with Crippen LogP contribution < -0.4 is 5.32 Å². The monoisotopic (exact) mass is 305 g/mol. The fraction of sp³-hybridized carbons (Fsp3) is 0.500. The Bertz CT molecular complexity index is 469. The predicted molar refractivity (Wildman–Crippen MR) is 74.6 cm³/mol. The van der Waals surface area contributed by atoms with Crippen LogP contribution in [0.15, 0.2) is 18.2 Å². The molecule has 1 aromatic carbocycles. The third-order valence-electron chi connectivity index (χ3n) is 3.31. The number of rotatable bonds is 4. The van der Waals surface area contributed by atoms with Gasteiger partial charge < -0.3 is 10.4 Å². The summed E-state index contributed by atoms with van der Waals surface area (Å²) in [6.07, 6.45) is 0.